The molecule has 1 aromatic rings. The highest BCUT2D eigenvalue weighted by Gasteiger charge is 2.39. The minimum Gasteiger partial charge on any atom is -0.489 e. The zero-order chi connectivity index (χ0) is 22.9. The number of piperidine rings is 1. The quantitative estimate of drug-likeness (QED) is 0.643. The van der Waals surface area contributed by atoms with Crippen LogP contribution in [0.5, 0.6) is 5.75 Å². The Morgan fingerprint density at radius 2 is 1.97 bits per heavy atom. The first kappa shape index (κ1) is 21.9. The van der Waals surface area contributed by atoms with Crippen molar-refractivity contribution in [2.75, 3.05) is 6.54 Å². The molecule has 1 aromatic carbocycles. The summed E-state index contributed by atoms with van der Waals surface area (Å²) in [5, 5.41) is 15.0. The summed E-state index contributed by atoms with van der Waals surface area (Å²) in [5.74, 6) is 0.713. The van der Waals surface area contributed by atoms with Gasteiger partial charge in [-0.15, -0.1) is 0 Å². The topological polar surface area (TPSA) is 112 Å². The van der Waals surface area contributed by atoms with Gasteiger partial charge in [0, 0.05) is 30.5 Å². The molecule has 1 unspecified atom stereocenters. The number of nitrogens with zero attached hydrogens (tertiary/aromatic N) is 2. The van der Waals surface area contributed by atoms with Gasteiger partial charge in [-0.25, -0.2) is 0 Å². The Balaban J connectivity index is 1.21. The minimum atomic E-state index is -0.606. The van der Waals surface area contributed by atoms with Crippen molar-refractivity contribution in [1.29, 1.82) is 5.26 Å². The number of fused-ring (bicyclic) bond motifs is 1. The molecule has 2 heterocycles. The third-order valence-electron chi connectivity index (χ3n) is 7.57. The molecule has 0 bridgehead atoms. The van der Waals surface area contributed by atoms with Crippen molar-refractivity contribution in [3.8, 4) is 11.8 Å². The maximum absolute atomic E-state index is 12.9. The number of nitrogens with one attached hydrogen (secondary N) is 2. The van der Waals surface area contributed by atoms with Crippen LogP contribution in [0.25, 0.3) is 0 Å². The highest BCUT2D eigenvalue weighted by atomic mass is 16.5. The number of hydrogen-bond donors (Lipinski definition) is 2. The summed E-state index contributed by atoms with van der Waals surface area (Å²) >= 11 is 0. The van der Waals surface area contributed by atoms with Gasteiger partial charge in [0.05, 0.1) is 6.07 Å². The number of carbonyl (C=O) groups is 3. The van der Waals surface area contributed by atoms with Gasteiger partial charge in [-0.2, -0.15) is 5.26 Å². The van der Waals surface area contributed by atoms with Crippen LogP contribution in [0, 0.1) is 23.2 Å². The van der Waals surface area contributed by atoms with E-state index in [2.05, 4.69) is 16.7 Å². The van der Waals surface area contributed by atoms with Crippen LogP contribution < -0.4 is 15.4 Å². The van der Waals surface area contributed by atoms with Gasteiger partial charge in [-0.3, -0.25) is 19.7 Å². The standard InChI is InChI=1S/C25H30N4O4/c26-12-15-9-16(10-15)13-27-20-3-1-2-4-22(20)33-18-5-6-19-17(11-18)14-29(25(19)32)21-7-8-23(30)28-24(21)31/h5-6,11,15-16,20-22,27H,1-4,7-10,13-14H2,(H,28,30,31)/t15-,16-,20-,21?,22-/m0/s1. The van der Waals surface area contributed by atoms with E-state index in [1.165, 1.54) is 6.42 Å². The SMILES string of the molecule is N#C[C@H]1C[C@H](CN[C@H]2CCCC[C@@H]2Oc2ccc3c(c2)CN(C2CCC(=O)NC2=O)C3=O)C1. The molecule has 0 radical (unpaired) electrons. The predicted molar refractivity (Wildman–Crippen MR) is 119 cm³/mol. The van der Waals surface area contributed by atoms with Crippen LogP contribution >= 0.6 is 0 Å². The van der Waals surface area contributed by atoms with E-state index in [-0.39, 0.29) is 36.3 Å². The Labute approximate surface area is 193 Å². The first-order valence-corrected chi connectivity index (χ1v) is 12.1. The number of ether oxygens (including phenoxy) is 1. The van der Waals surface area contributed by atoms with Crippen molar-refractivity contribution in [2.45, 2.75) is 76.1 Å². The summed E-state index contributed by atoms with van der Waals surface area (Å²) in [4.78, 5) is 38.2. The highest BCUT2D eigenvalue weighted by molar-refractivity contribution is 6.05. The fraction of sp³-hybridized carbons (Fsp3) is 0.600. The first-order chi connectivity index (χ1) is 16.0. The van der Waals surface area contributed by atoms with Crippen LogP contribution in [-0.4, -0.2) is 47.4 Å². The number of rotatable bonds is 6. The maximum Gasteiger partial charge on any atom is 0.255 e. The summed E-state index contributed by atoms with van der Waals surface area (Å²) < 4.78 is 6.40. The molecule has 2 aliphatic carbocycles. The Morgan fingerprint density at radius 3 is 2.76 bits per heavy atom. The summed E-state index contributed by atoms with van der Waals surface area (Å²) in [7, 11) is 0. The third-order valence-corrected chi connectivity index (χ3v) is 7.57. The molecule has 8 heteroatoms. The number of imide groups is 1. The van der Waals surface area contributed by atoms with E-state index in [0.717, 1.165) is 50.0 Å². The molecular weight excluding hydrogens is 420 g/mol. The second-order valence-corrected chi connectivity index (χ2v) is 9.84. The van der Waals surface area contributed by atoms with Gasteiger partial charge < -0.3 is 15.0 Å². The molecule has 2 N–H and O–H groups in total. The van der Waals surface area contributed by atoms with Crippen molar-refractivity contribution in [2.24, 2.45) is 11.8 Å². The predicted octanol–water partition coefficient (Wildman–Crippen LogP) is 2.28. The van der Waals surface area contributed by atoms with Gasteiger partial charge in [0.1, 0.15) is 17.9 Å². The molecule has 8 nitrogen and oxygen atoms in total. The average molecular weight is 451 g/mol. The average Bonchev–Trinajstić information content (AvgIpc) is 3.09. The summed E-state index contributed by atoms with van der Waals surface area (Å²) in [6.07, 6.45) is 7.05. The Hall–Kier alpha value is -2.92. The Bertz CT molecular complexity index is 997. The van der Waals surface area contributed by atoms with Crippen molar-refractivity contribution < 1.29 is 19.1 Å². The van der Waals surface area contributed by atoms with E-state index in [0.29, 0.717) is 24.4 Å². The second kappa shape index (κ2) is 9.14. The normalized spacial score (nSPS) is 31.4. The van der Waals surface area contributed by atoms with Crippen LogP contribution in [-0.2, 0) is 16.1 Å². The van der Waals surface area contributed by atoms with Gasteiger partial charge in [0.15, 0.2) is 0 Å². The monoisotopic (exact) mass is 450 g/mol. The van der Waals surface area contributed by atoms with Crippen LogP contribution in [0.15, 0.2) is 18.2 Å². The number of amides is 3. The number of benzene rings is 1. The van der Waals surface area contributed by atoms with E-state index < -0.39 is 11.9 Å². The van der Waals surface area contributed by atoms with Crippen molar-refractivity contribution >= 4 is 17.7 Å². The van der Waals surface area contributed by atoms with Gasteiger partial charge in [0.2, 0.25) is 11.8 Å². The van der Waals surface area contributed by atoms with Crippen molar-refractivity contribution in [3.63, 3.8) is 0 Å². The molecule has 1 saturated heterocycles. The van der Waals surface area contributed by atoms with Crippen LogP contribution in [0.2, 0.25) is 0 Å². The lowest BCUT2D eigenvalue weighted by molar-refractivity contribution is -0.136. The number of hydrogen-bond acceptors (Lipinski definition) is 6. The van der Waals surface area contributed by atoms with Gasteiger partial charge in [-0.05, 0) is 74.8 Å². The first-order valence-electron chi connectivity index (χ1n) is 12.1. The second-order valence-electron chi connectivity index (χ2n) is 9.84. The molecule has 2 aliphatic heterocycles. The van der Waals surface area contributed by atoms with E-state index in [1.54, 1.807) is 11.0 Å². The number of carbonyl (C=O) groups excluding carboxylic acids is 3. The molecule has 4 aliphatic rings. The maximum atomic E-state index is 12.9. The molecule has 3 atom stereocenters. The van der Waals surface area contributed by atoms with Crippen molar-refractivity contribution in [1.82, 2.24) is 15.5 Å². The fourth-order valence-electron chi connectivity index (χ4n) is 5.60. The highest BCUT2D eigenvalue weighted by Crippen LogP contribution is 2.34. The smallest absolute Gasteiger partial charge is 0.255 e. The summed E-state index contributed by atoms with van der Waals surface area (Å²) in [5.41, 5.74) is 1.46. The molecule has 0 aromatic heterocycles. The van der Waals surface area contributed by atoms with E-state index >= 15 is 0 Å². The summed E-state index contributed by atoms with van der Waals surface area (Å²) in [6.45, 7) is 1.29. The van der Waals surface area contributed by atoms with Gasteiger partial charge >= 0.3 is 0 Å². The molecule has 0 spiro atoms. The molecule has 3 amide bonds. The Morgan fingerprint density at radius 1 is 1.15 bits per heavy atom. The largest absolute Gasteiger partial charge is 0.489 e. The van der Waals surface area contributed by atoms with Crippen molar-refractivity contribution in [3.05, 3.63) is 29.3 Å². The molecule has 174 valence electrons. The lowest BCUT2D eigenvalue weighted by Gasteiger charge is -2.36. The summed E-state index contributed by atoms with van der Waals surface area (Å²) in [6, 6.07) is 7.59. The lowest BCUT2D eigenvalue weighted by atomic mass is 9.75. The van der Waals surface area contributed by atoms with Crippen LogP contribution in [0.1, 0.15) is 67.3 Å². The molecule has 3 fully saturated rings. The van der Waals surface area contributed by atoms with Gasteiger partial charge in [-0.1, -0.05) is 6.42 Å². The molecule has 5 rings (SSSR count). The van der Waals surface area contributed by atoms with Gasteiger partial charge in [0.25, 0.3) is 5.91 Å². The van der Waals surface area contributed by atoms with E-state index in [4.69, 9.17) is 10.00 Å². The van der Waals surface area contributed by atoms with E-state index in [1.807, 2.05) is 12.1 Å². The minimum absolute atomic E-state index is 0.0759. The lowest BCUT2D eigenvalue weighted by Crippen LogP contribution is -2.52. The van der Waals surface area contributed by atoms with E-state index in [9.17, 15) is 14.4 Å². The third kappa shape index (κ3) is 4.47. The zero-order valence-corrected chi connectivity index (χ0v) is 18.7. The van der Waals surface area contributed by atoms with Crippen LogP contribution in [0.3, 0.4) is 0 Å². The fourth-order valence-corrected chi connectivity index (χ4v) is 5.60. The van der Waals surface area contributed by atoms with Crippen LogP contribution in [0.4, 0.5) is 0 Å². The molecular formula is C25H30N4O4. The zero-order valence-electron chi connectivity index (χ0n) is 18.7. The Kier molecular flexibility index (Phi) is 6.07. The number of nitriles is 1. The molecule has 2 saturated carbocycles. The molecule has 33 heavy (non-hydrogen) atoms.